The Morgan fingerprint density at radius 1 is 1.42 bits per heavy atom. The van der Waals surface area contributed by atoms with Crippen LogP contribution in [-0.2, 0) is 22.4 Å². The van der Waals surface area contributed by atoms with E-state index >= 15 is 0 Å². The number of hydrogen-bond donors (Lipinski definition) is 0. The lowest BCUT2D eigenvalue weighted by Gasteiger charge is -2.07. The van der Waals surface area contributed by atoms with Gasteiger partial charge in [-0.05, 0) is 17.9 Å². The van der Waals surface area contributed by atoms with Gasteiger partial charge in [-0.25, -0.2) is 9.48 Å². The number of ether oxygens (including phenoxy) is 2. The Balaban J connectivity index is 2.72. The van der Waals surface area contributed by atoms with Crippen LogP contribution in [-0.4, -0.2) is 53.3 Å². The zero-order valence-electron chi connectivity index (χ0n) is 11.7. The van der Waals surface area contributed by atoms with Crippen molar-refractivity contribution in [3.8, 4) is 0 Å². The molecule has 0 unspecified atom stereocenters. The third-order valence-corrected chi connectivity index (χ3v) is 3.61. The molecule has 1 heterocycles. The number of esters is 1. The lowest BCUT2D eigenvalue weighted by atomic mass is 10.2. The van der Waals surface area contributed by atoms with Crippen LogP contribution in [0.4, 0.5) is 0 Å². The van der Waals surface area contributed by atoms with E-state index in [1.807, 2.05) is 11.8 Å². The molecule has 0 aliphatic rings. The van der Waals surface area contributed by atoms with Crippen molar-refractivity contribution in [2.24, 2.45) is 0 Å². The van der Waals surface area contributed by atoms with Gasteiger partial charge in [0.05, 0.1) is 19.4 Å². The predicted octanol–water partition coefficient (Wildman–Crippen LogP) is 1.40. The third kappa shape index (κ3) is 4.83. The molecule has 1 aromatic heterocycles. The number of aryl methyl sites for hydroxylation is 1. The van der Waals surface area contributed by atoms with Crippen LogP contribution in [0.25, 0.3) is 0 Å². The van der Waals surface area contributed by atoms with Crippen molar-refractivity contribution in [1.82, 2.24) is 15.0 Å². The molecule has 1 rings (SSSR count). The third-order valence-electron chi connectivity index (χ3n) is 2.62. The van der Waals surface area contributed by atoms with Crippen LogP contribution < -0.4 is 0 Å². The number of methoxy groups -OCH3 is 2. The zero-order chi connectivity index (χ0) is 14.1. The summed E-state index contributed by atoms with van der Waals surface area (Å²) >= 11 is 1.89. The molecule has 7 heteroatoms. The van der Waals surface area contributed by atoms with Crippen molar-refractivity contribution in [3.63, 3.8) is 0 Å². The predicted molar refractivity (Wildman–Crippen MR) is 74.6 cm³/mol. The highest BCUT2D eigenvalue weighted by molar-refractivity contribution is 7.99. The second kappa shape index (κ2) is 8.92. The molecule has 0 bridgehead atoms. The van der Waals surface area contributed by atoms with Crippen LogP contribution >= 0.6 is 11.8 Å². The average Bonchev–Trinajstić information content (AvgIpc) is 2.83. The monoisotopic (exact) mass is 287 g/mol. The number of thioether (sulfide) groups is 1. The van der Waals surface area contributed by atoms with Gasteiger partial charge in [-0.2, -0.15) is 11.8 Å². The van der Waals surface area contributed by atoms with Gasteiger partial charge in [0.1, 0.15) is 0 Å². The Bertz CT molecular complexity index is 396. The van der Waals surface area contributed by atoms with Crippen molar-refractivity contribution < 1.29 is 14.3 Å². The van der Waals surface area contributed by atoms with E-state index in [0.717, 1.165) is 30.2 Å². The maximum Gasteiger partial charge on any atom is 0.360 e. The Hall–Kier alpha value is -1.08. The first-order chi connectivity index (χ1) is 9.24. The van der Waals surface area contributed by atoms with Crippen LogP contribution in [0.1, 0.15) is 29.5 Å². The van der Waals surface area contributed by atoms with Gasteiger partial charge >= 0.3 is 5.97 Å². The maximum atomic E-state index is 11.6. The molecule has 0 saturated heterocycles. The highest BCUT2D eigenvalue weighted by atomic mass is 32.2. The van der Waals surface area contributed by atoms with Crippen LogP contribution in [0.3, 0.4) is 0 Å². The van der Waals surface area contributed by atoms with Crippen LogP contribution in [0.2, 0.25) is 0 Å². The zero-order valence-corrected chi connectivity index (χ0v) is 12.5. The lowest BCUT2D eigenvalue weighted by Crippen LogP contribution is -2.12. The molecule has 6 nitrogen and oxygen atoms in total. The van der Waals surface area contributed by atoms with Crippen LogP contribution in [0.15, 0.2) is 0 Å². The normalized spacial score (nSPS) is 10.7. The van der Waals surface area contributed by atoms with E-state index in [-0.39, 0.29) is 0 Å². The summed E-state index contributed by atoms with van der Waals surface area (Å²) < 4.78 is 11.5. The van der Waals surface area contributed by atoms with Gasteiger partial charge in [0.25, 0.3) is 0 Å². The first-order valence-corrected chi connectivity index (χ1v) is 7.47. The molecule has 0 atom stereocenters. The fraction of sp³-hybridized carbons (Fsp3) is 0.750. The molecule has 0 spiro atoms. The Labute approximate surface area is 117 Å². The van der Waals surface area contributed by atoms with E-state index in [1.54, 1.807) is 11.8 Å². The largest absolute Gasteiger partial charge is 0.464 e. The summed E-state index contributed by atoms with van der Waals surface area (Å²) in [5, 5.41) is 7.95. The first-order valence-electron chi connectivity index (χ1n) is 6.31. The van der Waals surface area contributed by atoms with Crippen molar-refractivity contribution >= 4 is 17.7 Å². The summed E-state index contributed by atoms with van der Waals surface area (Å²) in [6.45, 7) is 3.43. The van der Waals surface area contributed by atoms with Crippen molar-refractivity contribution in [3.05, 3.63) is 11.4 Å². The summed E-state index contributed by atoms with van der Waals surface area (Å²) in [5.41, 5.74) is 1.08. The summed E-state index contributed by atoms with van der Waals surface area (Å²) in [6, 6.07) is 0. The molecule has 0 fully saturated rings. The summed E-state index contributed by atoms with van der Waals surface area (Å²) in [5.74, 6) is 1.75. The lowest BCUT2D eigenvalue weighted by molar-refractivity contribution is 0.0592. The highest BCUT2D eigenvalue weighted by Crippen LogP contribution is 2.10. The minimum atomic E-state index is -0.444. The first kappa shape index (κ1) is 16.0. The Morgan fingerprint density at radius 3 is 2.84 bits per heavy atom. The Morgan fingerprint density at radius 2 is 2.21 bits per heavy atom. The second-order valence-corrected chi connectivity index (χ2v) is 5.29. The van der Waals surface area contributed by atoms with Crippen LogP contribution in [0.5, 0.6) is 0 Å². The molecule has 1 aromatic rings. The maximum absolute atomic E-state index is 11.6. The van der Waals surface area contributed by atoms with Gasteiger partial charge in [-0.15, -0.1) is 5.10 Å². The fourth-order valence-corrected chi connectivity index (χ4v) is 2.30. The summed E-state index contributed by atoms with van der Waals surface area (Å²) in [7, 11) is 2.98. The SMILES string of the molecule is CCSCCCn1nnc(C(=O)OC)c1CCOC. The van der Waals surface area contributed by atoms with E-state index in [0.29, 0.717) is 18.7 Å². The van der Waals surface area contributed by atoms with Gasteiger partial charge < -0.3 is 9.47 Å². The van der Waals surface area contributed by atoms with E-state index in [9.17, 15) is 4.79 Å². The highest BCUT2D eigenvalue weighted by Gasteiger charge is 2.19. The topological polar surface area (TPSA) is 66.2 Å². The molecule has 0 radical (unpaired) electrons. The van der Waals surface area contributed by atoms with Crippen molar-refractivity contribution in [2.75, 3.05) is 32.3 Å². The van der Waals surface area contributed by atoms with E-state index < -0.39 is 5.97 Å². The van der Waals surface area contributed by atoms with E-state index in [1.165, 1.54) is 7.11 Å². The molecule has 0 aliphatic carbocycles. The average molecular weight is 287 g/mol. The molecular weight excluding hydrogens is 266 g/mol. The van der Waals surface area contributed by atoms with Crippen molar-refractivity contribution in [1.29, 1.82) is 0 Å². The standard InChI is InChI=1S/C12H21N3O3S/c1-4-19-9-5-7-15-10(6-8-17-2)11(13-14-15)12(16)18-3/h4-9H2,1-3H3. The minimum absolute atomic E-state index is 0.294. The van der Waals surface area contributed by atoms with E-state index in [4.69, 9.17) is 9.47 Å². The van der Waals surface area contributed by atoms with Gasteiger partial charge in [-0.3, -0.25) is 0 Å². The smallest absolute Gasteiger partial charge is 0.360 e. The molecule has 0 aromatic carbocycles. The number of carbonyl (C=O) groups excluding carboxylic acids is 1. The molecule has 0 N–H and O–H groups in total. The van der Waals surface area contributed by atoms with Gasteiger partial charge in [0.15, 0.2) is 5.69 Å². The number of rotatable bonds is 9. The van der Waals surface area contributed by atoms with Crippen LogP contribution in [0, 0.1) is 0 Å². The molecule has 108 valence electrons. The fourth-order valence-electron chi connectivity index (χ4n) is 1.67. The number of nitrogens with zero attached hydrogens (tertiary/aromatic N) is 3. The number of aromatic nitrogens is 3. The summed E-state index contributed by atoms with van der Waals surface area (Å²) in [6.07, 6.45) is 1.61. The Kier molecular flexibility index (Phi) is 7.50. The second-order valence-electron chi connectivity index (χ2n) is 3.89. The minimum Gasteiger partial charge on any atom is -0.464 e. The quantitative estimate of drug-likeness (QED) is 0.505. The summed E-state index contributed by atoms with van der Waals surface area (Å²) in [4.78, 5) is 11.6. The number of hydrogen-bond acceptors (Lipinski definition) is 6. The molecule has 0 amide bonds. The van der Waals surface area contributed by atoms with Gasteiger partial charge in [0.2, 0.25) is 0 Å². The molecule has 0 saturated carbocycles. The van der Waals surface area contributed by atoms with Gasteiger partial charge in [0, 0.05) is 20.1 Å². The van der Waals surface area contributed by atoms with Crippen molar-refractivity contribution in [2.45, 2.75) is 26.3 Å². The molecule has 19 heavy (non-hydrogen) atoms. The molecule has 0 aliphatic heterocycles. The van der Waals surface area contributed by atoms with Gasteiger partial charge in [-0.1, -0.05) is 12.1 Å². The number of carbonyl (C=O) groups is 1. The molecular formula is C12H21N3O3S. The van der Waals surface area contributed by atoms with E-state index in [2.05, 4.69) is 17.2 Å².